The van der Waals surface area contributed by atoms with Gasteiger partial charge in [0.2, 0.25) is 0 Å². The molecule has 2 unspecified atom stereocenters. The van der Waals surface area contributed by atoms with Gasteiger partial charge in [0, 0.05) is 20.3 Å². The molecular weight excluding hydrogens is 253 g/mol. The first-order chi connectivity index (χ1) is 9.54. The van der Waals surface area contributed by atoms with E-state index in [4.69, 9.17) is 4.74 Å². The highest BCUT2D eigenvalue weighted by Gasteiger charge is 2.19. The number of halogens is 1. The Hall–Kier alpha value is -0.930. The van der Waals surface area contributed by atoms with Crippen molar-refractivity contribution >= 4 is 0 Å². The van der Waals surface area contributed by atoms with Crippen molar-refractivity contribution in [3.63, 3.8) is 0 Å². The third-order valence-electron chi connectivity index (χ3n) is 3.66. The van der Waals surface area contributed by atoms with E-state index in [1.165, 1.54) is 6.07 Å². The molecule has 20 heavy (non-hydrogen) atoms. The quantitative estimate of drug-likeness (QED) is 0.743. The molecule has 2 atom stereocenters. The largest absolute Gasteiger partial charge is 0.385 e. The van der Waals surface area contributed by atoms with Crippen molar-refractivity contribution < 1.29 is 9.13 Å². The predicted molar refractivity (Wildman–Crippen MR) is 82.5 cm³/mol. The summed E-state index contributed by atoms with van der Waals surface area (Å²) in [7, 11) is 1.72. The summed E-state index contributed by atoms with van der Waals surface area (Å²) in [5.74, 6) is 1.24. The molecule has 0 spiro atoms. The van der Waals surface area contributed by atoms with Gasteiger partial charge in [-0.15, -0.1) is 0 Å². The second-order valence-electron chi connectivity index (χ2n) is 5.97. The molecule has 2 nitrogen and oxygen atoms in total. The maximum atomic E-state index is 13.4. The van der Waals surface area contributed by atoms with Crippen LogP contribution >= 0.6 is 0 Å². The lowest BCUT2D eigenvalue weighted by molar-refractivity contribution is 0.173. The van der Waals surface area contributed by atoms with E-state index in [2.05, 4.69) is 26.1 Å². The lowest BCUT2D eigenvalue weighted by Gasteiger charge is -2.25. The first-order valence-corrected chi connectivity index (χ1v) is 7.49. The van der Waals surface area contributed by atoms with Gasteiger partial charge in [-0.3, -0.25) is 0 Å². The van der Waals surface area contributed by atoms with Crippen LogP contribution in [0.2, 0.25) is 0 Å². The molecule has 0 saturated carbocycles. The first-order valence-electron chi connectivity index (χ1n) is 7.49. The van der Waals surface area contributed by atoms with Crippen LogP contribution in [0.4, 0.5) is 4.39 Å². The van der Waals surface area contributed by atoms with Gasteiger partial charge in [0.25, 0.3) is 0 Å². The number of hydrogen-bond acceptors (Lipinski definition) is 2. The molecule has 114 valence electrons. The number of benzene rings is 1. The Balaban J connectivity index is 2.72. The summed E-state index contributed by atoms with van der Waals surface area (Å²) in [6, 6.07) is 6.98. The van der Waals surface area contributed by atoms with E-state index in [0.717, 1.165) is 31.7 Å². The summed E-state index contributed by atoms with van der Waals surface area (Å²) < 4.78 is 18.6. The molecule has 0 aliphatic carbocycles. The lowest BCUT2D eigenvalue weighted by Crippen LogP contribution is -2.29. The number of nitrogens with one attached hydrogen (secondary N) is 1. The average Bonchev–Trinajstić information content (AvgIpc) is 2.40. The third-order valence-corrected chi connectivity index (χ3v) is 3.66. The predicted octanol–water partition coefficient (Wildman–Crippen LogP) is 3.83. The second kappa shape index (κ2) is 9.09. The SMILES string of the molecule is COCCC(C)C(CNCC(C)C)c1cccc(F)c1. The van der Waals surface area contributed by atoms with Gasteiger partial charge in [-0.2, -0.15) is 0 Å². The van der Waals surface area contributed by atoms with Crippen LogP contribution in [0.1, 0.15) is 38.7 Å². The van der Waals surface area contributed by atoms with Crippen molar-refractivity contribution in [2.75, 3.05) is 26.8 Å². The summed E-state index contributed by atoms with van der Waals surface area (Å²) in [6.07, 6.45) is 0.987. The molecule has 0 saturated heterocycles. The molecule has 1 rings (SSSR count). The van der Waals surface area contributed by atoms with Crippen LogP contribution in [0.15, 0.2) is 24.3 Å². The Labute approximate surface area is 122 Å². The molecular formula is C17H28FNO. The van der Waals surface area contributed by atoms with E-state index in [9.17, 15) is 4.39 Å². The molecule has 0 radical (unpaired) electrons. The Bertz CT molecular complexity index is 381. The van der Waals surface area contributed by atoms with Gasteiger partial charge < -0.3 is 10.1 Å². The summed E-state index contributed by atoms with van der Waals surface area (Å²) in [6.45, 7) is 9.22. The standard InChI is InChI=1S/C17H28FNO/c1-13(2)11-19-12-17(14(3)8-9-20-4)15-6-5-7-16(18)10-15/h5-7,10,13-14,17,19H,8-9,11-12H2,1-4H3. The van der Waals surface area contributed by atoms with Crippen molar-refractivity contribution in [2.24, 2.45) is 11.8 Å². The normalized spacial score (nSPS) is 14.5. The molecule has 1 aromatic rings. The molecule has 3 heteroatoms. The molecule has 1 aromatic carbocycles. The highest BCUT2D eigenvalue weighted by molar-refractivity contribution is 5.21. The van der Waals surface area contributed by atoms with Crippen molar-refractivity contribution in [2.45, 2.75) is 33.1 Å². The Morgan fingerprint density at radius 3 is 2.55 bits per heavy atom. The molecule has 0 fully saturated rings. The topological polar surface area (TPSA) is 21.3 Å². The van der Waals surface area contributed by atoms with Gasteiger partial charge in [0.05, 0.1) is 0 Å². The van der Waals surface area contributed by atoms with Crippen LogP contribution in [-0.2, 0) is 4.74 Å². The Morgan fingerprint density at radius 2 is 1.95 bits per heavy atom. The minimum atomic E-state index is -0.157. The zero-order valence-corrected chi connectivity index (χ0v) is 13.2. The highest BCUT2D eigenvalue weighted by Crippen LogP contribution is 2.27. The molecule has 0 aliphatic heterocycles. The van der Waals surface area contributed by atoms with E-state index in [-0.39, 0.29) is 5.82 Å². The maximum absolute atomic E-state index is 13.4. The zero-order valence-electron chi connectivity index (χ0n) is 13.2. The zero-order chi connectivity index (χ0) is 15.0. The number of hydrogen-bond donors (Lipinski definition) is 1. The molecule has 0 bridgehead atoms. The highest BCUT2D eigenvalue weighted by atomic mass is 19.1. The molecule has 0 aromatic heterocycles. The number of methoxy groups -OCH3 is 1. The number of ether oxygens (including phenoxy) is 1. The summed E-state index contributed by atoms with van der Waals surface area (Å²) in [5.41, 5.74) is 1.07. The van der Waals surface area contributed by atoms with Gasteiger partial charge in [-0.1, -0.05) is 32.9 Å². The fraction of sp³-hybridized carbons (Fsp3) is 0.647. The number of rotatable bonds is 9. The lowest BCUT2D eigenvalue weighted by atomic mass is 9.85. The van der Waals surface area contributed by atoms with E-state index >= 15 is 0 Å². The van der Waals surface area contributed by atoms with Crippen molar-refractivity contribution in [1.82, 2.24) is 5.32 Å². The minimum Gasteiger partial charge on any atom is -0.385 e. The smallest absolute Gasteiger partial charge is 0.123 e. The van der Waals surface area contributed by atoms with Gasteiger partial charge in [-0.05, 0) is 48.4 Å². The van der Waals surface area contributed by atoms with Crippen LogP contribution in [0.5, 0.6) is 0 Å². The van der Waals surface area contributed by atoms with Crippen LogP contribution in [0, 0.1) is 17.7 Å². The fourth-order valence-electron chi connectivity index (χ4n) is 2.42. The van der Waals surface area contributed by atoms with Crippen molar-refractivity contribution in [1.29, 1.82) is 0 Å². The first kappa shape index (κ1) is 17.1. The van der Waals surface area contributed by atoms with E-state index in [0.29, 0.717) is 17.8 Å². The molecule has 0 heterocycles. The molecule has 1 N–H and O–H groups in total. The monoisotopic (exact) mass is 281 g/mol. The molecule has 0 aliphatic rings. The van der Waals surface area contributed by atoms with Crippen LogP contribution in [0.25, 0.3) is 0 Å². The van der Waals surface area contributed by atoms with Gasteiger partial charge >= 0.3 is 0 Å². The van der Waals surface area contributed by atoms with Gasteiger partial charge in [0.15, 0.2) is 0 Å². The fourth-order valence-corrected chi connectivity index (χ4v) is 2.42. The molecule has 0 amide bonds. The average molecular weight is 281 g/mol. The van der Waals surface area contributed by atoms with Gasteiger partial charge in [-0.25, -0.2) is 4.39 Å². The van der Waals surface area contributed by atoms with E-state index in [1.807, 2.05) is 6.07 Å². The van der Waals surface area contributed by atoms with Crippen LogP contribution < -0.4 is 5.32 Å². The third kappa shape index (κ3) is 6.02. The Kier molecular flexibility index (Phi) is 7.78. The maximum Gasteiger partial charge on any atom is 0.123 e. The van der Waals surface area contributed by atoms with Crippen LogP contribution in [-0.4, -0.2) is 26.8 Å². The second-order valence-corrected chi connectivity index (χ2v) is 5.97. The summed E-state index contributed by atoms with van der Waals surface area (Å²) >= 11 is 0. The van der Waals surface area contributed by atoms with Crippen molar-refractivity contribution in [3.05, 3.63) is 35.6 Å². The van der Waals surface area contributed by atoms with E-state index in [1.54, 1.807) is 19.2 Å². The Morgan fingerprint density at radius 1 is 1.20 bits per heavy atom. The summed E-state index contributed by atoms with van der Waals surface area (Å²) in [4.78, 5) is 0. The van der Waals surface area contributed by atoms with Gasteiger partial charge in [0.1, 0.15) is 5.82 Å². The summed E-state index contributed by atoms with van der Waals surface area (Å²) in [5, 5.41) is 3.50. The van der Waals surface area contributed by atoms with Crippen molar-refractivity contribution in [3.8, 4) is 0 Å². The van der Waals surface area contributed by atoms with Crippen LogP contribution in [0.3, 0.4) is 0 Å². The van der Waals surface area contributed by atoms with E-state index < -0.39 is 0 Å². The minimum absolute atomic E-state index is 0.157.